The van der Waals surface area contributed by atoms with Crippen LogP contribution in [0.4, 0.5) is 19.0 Å². The van der Waals surface area contributed by atoms with Crippen molar-refractivity contribution in [3.8, 4) is 17.3 Å². The Hall–Kier alpha value is -4.22. The van der Waals surface area contributed by atoms with E-state index in [1.807, 2.05) is 13.8 Å². The maximum absolute atomic E-state index is 13.1. The summed E-state index contributed by atoms with van der Waals surface area (Å²) in [5.74, 6) is -0.121. The van der Waals surface area contributed by atoms with E-state index in [0.717, 1.165) is 25.0 Å². The molecule has 9 nitrogen and oxygen atoms in total. The second kappa shape index (κ2) is 9.92. The molecule has 1 aliphatic carbocycles. The Balaban J connectivity index is 1.66. The molecule has 2 N–H and O–H groups in total. The van der Waals surface area contributed by atoms with Crippen LogP contribution in [0.3, 0.4) is 0 Å². The normalized spacial score (nSPS) is 14.4. The molecule has 1 aromatic carbocycles. The molecule has 1 saturated carbocycles. The van der Waals surface area contributed by atoms with Crippen LogP contribution in [-0.4, -0.2) is 48.2 Å². The van der Waals surface area contributed by atoms with E-state index in [4.69, 9.17) is 4.74 Å². The van der Waals surface area contributed by atoms with Gasteiger partial charge in [-0.15, -0.1) is 0 Å². The number of benzene rings is 1. The number of imidazole rings is 1. The van der Waals surface area contributed by atoms with Crippen molar-refractivity contribution in [1.29, 1.82) is 0 Å². The summed E-state index contributed by atoms with van der Waals surface area (Å²) < 4.78 is 46.6. The number of alkyl halides is 3. The van der Waals surface area contributed by atoms with E-state index in [1.54, 1.807) is 22.9 Å². The van der Waals surface area contributed by atoms with Crippen molar-refractivity contribution in [2.75, 3.05) is 11.9 Å². The van der Waals surface area contributed by atoms with Crippen LogP contribution in [0.1, 0.15) is 48.4 Å². The fraction of sp³-hybridized carbons (Fsp3) is 0.346. The van der Waals surface area contributed by atoms with E-state index in [9.17, 15) is 23.1 Å². The lowest BCUT2D eigenvalue weighted by atomic mass is 10.1. The quantitative estimate of drug-likeness (QED) is 0.303. The topological polar surface area (TPSA) is 115 Å². The molecule has 198 valence electrons. The number of fused-ring (bicyclic) bond motifs is 1. The number of hydrogen-bond acceptors (Lipinski definition) is 7. The molecule has 0 saturated heterocycles. The maximum Gasteiger partial charge on any atom is 0.416 e. The number of anilines is 1. The first-order valence-corrected chi connectivity index (χ1v) is 12.2. The van der Waals surface area contributed by atoms with Gasteiger partial charge in [0, 0.05) is 30.4 Å². The second-order valence-electron chi connectivity index (χ2n) is 9.18. The van der Waals surface area contributed by atoms with Gasteiger partial charge in [-0.2, -0.15) is 13.2 Å². The average Bonchev–Trinajstić information content (AvgIpc) is 3.67. The molecule has 0 aliphatic heterocycles. The van der Waals surface area contributed by atoms with E-state index >= 15 is 0 Å². The van der Waals surface area contributed by atoms with E-state index in [2.05, 4.69) is 25.3 Å². The Labute approximate surface area is 215 Å². The van der Waals surface area contributed by atoms with Crippen LogP contribution in [0.15, 0.2) is 42.6 Å². The number of carboxylic acid groups (broad SMARTS) is 1. The molecule has 4 aromatic rings. The van der Waals surface area contributed by atoms with Gasteiger partial charge in [-0.1, -0.05) is 12.1 Å². The number of nitrogens with one attached hydrogen (secondary N) is 1. The van der Waals surface area contributed by atoms with Crippen LogP contribution >= 0.6 is 0 Å². The van der Waals surface area contributed by atoms with Crippen molar-refractivity contribution in [3.05, 3.63) is 59.5 Å². The summed E-state index contributed by atoms with van der Waals surface area (Å²) >= 11 is 0. The van der Waals surface area contributed by atoms with Crippen molar-refractivity contribution in [2.45, 2.75) is 45.5 Å². The molecule has 0 radical (unpaired) electrons. The van der Waals surface area contributed by atoms with Crippen LogP contribution in [0, 0.1) is 5.92 Å². The van der Waals surface area contributed by atoms with E-state index in [0.29, 0.717) is 46.7 Å². The van der Waals surface area contributed by atoms with Crippen LogP contribution < -0.4 is 10.1 Å². The van der Waals surface area contributed by atoms with Crippen molar-refractivity contribution in [3.63, 3.8) is 0 Å². The average molecular weight is 527 g/mol. The van der Waals surface area contributed by atoms with Crippen LogP contribution in [-0.2, 0) is 12.7 Å². The molecule has 38 heavy (non-hydrogen) atoms. The molecule has 1 unspecified atom stereocenters. The Kier molecular flexibility index (Phi) is 6.64. The van der Waals surface area contributed by atoms with Crippen molar-refractivity contribution >= 4 is 23.0 Å². The zero-order chi connectivity index (χ0) is 27.0. The largest absolute Gasteiger partial charge is 0.478 e. The Morgan fingerprint density at radius 2 is 1.89 bits per heavy atom. The summed E-state index contributed by atoms with van der Waals surface area (Å²) in [5, 5.41) is 13.0. The number of aromatic nitrogens is 5. The lowest BCUT2D eigenvalue weighted by Gasteiger charge is -2.17. The molecule has 1 aliphatic rings. The van der Waals surface area contributed by atoms with E-state index < -0.39 is 23.5 Å². The number of ether oxygens (including phenoxy) is 1. The zero-order valence-electron chi connectivity index (χ0n) is 20.7. The SMILES string of the molecule is CCOc1ccc(-c2nc3nc(C(=O)O)nc(NC(C)C4CC4)c3n2Cc2ccc(C(F)(F)F)cc2)cn1. The predicted octanol–water partition coefficient (Wildman–Crippen LogP) is 5.26. The summed E-state index contributed by atoms with van der Waals surface area (Å²) in [7, 11) is 0. The number of rotatable bonds is 9. The first-order chi connectivity index (χ1) is 18.1. The van der Waals surface area contributed by atoms with Crippen LogP contribution in [0.5, 0.6) is 5.88 Å². The van der Waals surface area contributed by atoms with Gasteiger partial charge in [0.05, 0.1) is 12.2 Å². The highest BCUT2D eigenvalue weighted by Crippen LogP contribution is 2.36. The fourth-order valence-electron chi connectivity index (χ4n) is 4.26. The van der Waals surface area contributed by atoms with Gasteiger partial charge >= 0.3 is 12.1 Å². The summed E-state index contributed by atoms with van der Waals surface area (Å²) in [4.78, 5) is 29.2. The number of pyridine rings is 1. The highest BCUT2D eigenvalue weighted by Gasteiger charge is 2.31. The minimum Gasteiger partial charge on any atom is -0.478 e. The van der Waals surface area contributed by atoms with Crippen molar-refractivity contribution < 1.29 is 27.8 Å². The highest BCUT2D eigenvalue weighted by molar-refractivity contribution is 5.92. The van der Waals surface area contributed by atoms with Gasteiger partial charge in [0.15, 0.2) is 11.5 Å². The minimum absolute atomic E-state index is 0.0276. The molecule has 0 bridgehead atoms. The van der Waals surface area contributed by atoms with E-state index in [1.165, 1.54) is 12.1 Å². The molecule has 1 atom stereocenters. The summed E-state index contributed by atoms with van der Waals surface area (Å²) in [5.41, 5.74) is 1.03. The molecule has 12 heteroatoms. The zero-order valence-corrected chi connectivity index (χ0v) is 20.7. The van der Waals surface area contributed by atoms with Gasteiger partial charge in [-0.25, -0.2) is 24.7 Å². The Morgan fingerprint density at radius 3 is 2.47 bits per heavy atom. The monoisotopic (exact) mass is 526 g/mol. The Bertz CT molecular complexity index is 1470. The summed E-state index contributed by atoms with van der Waals surface area (Å²) in [6, 6.07) is 8.33. The number of nitrogens with zero attached hydrogens (tertiary/aromatic N) is 5. The minimum atomic E-state index is -4.45. The fourth-order valence-corrected chi connectivity index (χ4v) is 4.26. The van der Waals surface area contributed by atoms with Crippen LogP contribution in [0.2, 0.25) is 0 Å². The van der Waals surface area contributed by atoms with E-state index in [-0.39, 0.29) is 18.2 Å². The summed E-state index contributed by atoms with van der Waals surface area (Å²) in [6.45, 7) is 4.43. The van der Waals surface area contributed by atoms with Gasteiger partial charge in [0.1, 0.15) is 11.3 Å². The number of hydrogen-bond donors (Lipinski definition) is 2. The smallest absolute Gasteiger partial charge is 0.416 e. The maximum atomic E-state index is 13.1. The lowest BCUT2D eigenvalue weighted by molar-refractivity contribution is -0.137. The third kappa shape index (κ3) is 5.24. The van der Waals surface area contributed by atoms with Gasteiger partial charge < -0.3 is 19.7 Å². The second-order valence-corrected chi connectivity index (χ2v) is 9.18. The molecule has 1 fully saturated rings. The first kappa shape index (κ1) is 25.4. The first-order valence-electron chi connectivity index (χ1n) is 12.2. The molecule has 3 heterocycles. The number of aromatic carboxylic acids is 1. The van der Waals surface area contributed by atoms with Gasteiger partial charge in [0.2, 0.25) is 11.7 Å². The third-order valence-corrected chi connectivity index (χ3v) is 6.40. The predicted molar refractivity (Wildman–Crippen MR) is 133 cm³/mol. The van der Waals surface area contributed by atoms with Gasteiger partial charge in [-0.05, 0) is 56.4 Å². The number of carbonyl (C=O) groups is 1. The van der Waals surface area contributed by atoms with Crippen molar-refractivity contribution in [2.24, 2.45) is 5.92 Å². The molecule has 0 spiro atoms. The molecule has 3 aromatic heterocycles. The molecule has 0 amide bonds. The Morgan fingerprint density at radius 1 is 1.16 bits per heavy atom. The van der Waals surface area contributed by atoms with Crippen molar-refractivity contribution in [1.82, 2.24) is 24.5 Å². The van der Waals surface area contributed by atoms with Gasteiger partial charge in [0.25, 0.3) is 0 Å². The lowest BCUT2D eigenvalue weighted by Crippen LogP contribution is -2.20. The standard InChI is InChI=1S/C26H25F3N6O3/c1-3-38-19-11-8-17(12-30-19)24-34-22-20(35(24)13-15-4-9-18(10-5-15)26(27,28)29)21(31-14(2)16-6-7-16)32-23(33-22)25(36)37/h4-5,8-12,14,16H,3,6-7,13H2,1-2H3,(H,36,37)(H,31,32,33). The third-order valence-electron chi connectivity index (χ3n) is 6.40. The molecular weight excluding hydrogens is 501 g/mol. The highest BCUT2D eigenvalue weighted by atomic mass is 19.4. The van der Waals surface area contributed by atoms with Crippen LogP contribution in [0.25, 0.3) is 22.6 Å². The molecular formula is C26H25F3N6O3. The molecule has 5 rings (SSSR count). The number of halogens is 3. The number of carboxylic acids is 1. The summed E-state index contributed by atoms with van der Waals surface area (Å²) in [6.07, 6.45) is -0.762. The van der Waals surface area contributed by atoms with Gasteiger partial charge in [-0.3, -0.25) is 0 Å².